The minimum atomic E-state index is -1.06. The molecule has 120 valence electrons. The van der Waals surface area contributed by atoms with Crippen molar-refractivity contribution >= 4 is 23.1 Å². The molecule has 0 saturated heterocycles. The SMILES string of the molecule is CC(=O)c1cc(Cl)ccc1OCC(O)c1cccc([N+](=O)[O-])c1. The van der Waals surface area contributed by atoms with E-state index in [2.05, 4.69) is 0 Å². The molecule has 0 heterocycles. The first-order valence-corrected chi connectivity index (χ1v) is 7.12. The largest absolute Gasteiger partial charge is 0.490 e. The van der Waals surface area contributed by atoms with Crippen molar-refractivity contribution in [2.75, 3.05) is 6.61 Å². The molecule has 1 N–H and O–H groups in total. The van der Waals surface area contributed by atoms with E-state index in [1.807, 2.05) is 0 Å². The lowest BCUT2D eigenvalue weighted by Gasteiger charge is -2.14. The Kier molecular flexibility index (Phi) is 5.31. The molecule has 2 aromatic carbocycles. The van der Waals surface area contributed by atoms with Crippen LogP contribution >= 0.6 is 11.6 Å². The van der Waals surface area contributed by atoms with Gasteiger partial charge in [0.25, 0.3) is 5.69 Å². The van der Waals surface area contributed by atoms with Gasteiger partial charge in [-0.3, -0.25) is 14.9 Å². The van der Waals surface area contributed by atoms with Gasteiger partial charge in [0.2, 0.25) is 0 Å². The molecule has 1 atom stereocenters. The maximum Gasteiger partial charge on any atom is 0.269 e. The molecule has 0 radical (unpaired) electrons. The number of hydrogen-bond acceptors (Lipinski definition) is 5. The van der Waals surface area contributed by atoms with Crippen molar-refractivity contribution in [2.24, 2.45) is 0 Å². The number of benzene rings is 2. The van der Waals surface area contributed by atoms with Gasteiger partial charge in [0, 0.05) is 17.2 Å². The summed E-state index contributed by atoms with van der Waals surface area (Å²) in [6.07, 6.45) is -1.06. The number of hydrogen-bond donors (Lipinski definition) is 1. The number of nitro benzene ring substituents is 1. The van der Waals surface area contributed by atoms with Gasteiger partial charge in [-0.1, -0.05) is 23.7 Å². The second-order valence-electron chi connectivity index (χ2n) is 4.88. The van der Waals surface area contributed by atoms with Crippen molar-refractivity contribution in [3.05, 3.63) is 68.7 Å². The second kappa shape index (κ2) is 7.21. The zero-order valence-corrected chi connectivity index (χ0v) is 13.0. The number of carbonyl (C=O) groups is 1. The highest BCUT2D eigenvalue weighted by molar-refractivity contribution is 6.31. The standard InChI is InChI=1S/C16H14ClNO5/c1-10(19)14-8-12(17)5-6-16(14)23-9-15(20)11-3-2-4-13(7-11)18(21)22/h2-8,15,20H,9H2,1H3. The number of non-ortho nitro benzene ring substituents is 1. The maximum atomic E-state index is 11.6. The van der Waals surface area contributed by atoms with Crippen molar-refractivity contribution in [2.45, 2.75) is 13.0 Å². The zero-order valence-electron chi connectivity index (χ0n) is 12.2. The molecule has 7 heteroatoms. The molecular weight excluding hydrogens is 322 g/mol. The first-order valence-electron chi connectivity index (χ1n) is 6.74. The van der Waals surface area contributed by atoms with Crippen LogP contribution in [0.5, 0.6) is 5.75 Å². The van der Waals surface area contributed by atoms with E-state index in [0.29, 0.717) is 21.9 Å². The van der Waals surface area contributed by atoms with Crippen LogP contribution in [0, 0.1) is 10.1 Å². The summed E-state index contributed by atoms with van der Waals surface area (Å²) in [5.74, 6) is 0.0821. The van der Waals surface area contributed by atoms with Crippen LogP contribution in [-0.4, -0.2) is 22.4 Å². The molecule has 0 spiro atoms. The summed E-state index contributed by atoms with van der Waals surface area (Å²) in [4.78, 5) is 21.8. The molecule has 0 bridgehead atoms. The fourth-order valence-electron chi connectivity index (χ4n) is 2.01. The van der Waals surface area contributed by atoms with Gasteiger partial charge in [-0.05, 0) is 30.7 Å². The van der Waals surface area contributed by atoms with Gasteiger partial charge in [0.15, 0.2) is 5.78 Å². The molecule has 0 aromatic heterocycles. The molecule has 0 saturated carbocycles. The van der Waals surface area contributed by atoms with Crippen LogP contribution in [-0.2, 0) is 0 Å². The van der Waals surface area contributed by atoms with Crippen LogP contribution in [0.1, 0.15) is 28.9 Å². The quantitative estimate of drug-likeness (QED) is 0.495. The minimum absolute atomic E-state index is 0.113. The number of ketones is 1. The van der Waals surface area contributed by atoms with Crippen LogP contribution < -0.4 is 4.74 Å². The zero-order chi connectivity index (χ0) is 17.0. The summed E-state index contributed by atoms with van der Waals surface area (Å²) >= 11 is 5.85. The highest BCUT2D eigenvalue weighted by atomic mass is 35.5. The summed E-state index contributed by atoms with van der Waals surface area (Å²) in [7, 11) is 0. The van der Waals surface area contributed by atoms with Gasteiger partial charge in [-0.15, -0.1) is 0 Å². The van der Waals surface area contributed by atoms with Crippen molar-refractivity contribution in [1.29, 1.82) is 0 Å². The molecule has 1 unspecified atom stereocenters. The molecule has 0 amide bonds. The second-order valence-corrected chi connectivity index (χ2v) is 5.31. The average molecular weight is 336 g/mol. The Labute approximate surface area is 137 Å². The summed E-state index contributed by atoms with van der Waals surface area (Å²) in [6, 6.07) is 10.3. The molecule has 6 nitrogen and oxygen atoms in total. The number of nitrogens with zero attached hydrogens (tertiary/aromatic N) is 1. The summed E-state index contributed by atoms with van der Waals surface area (Å²) < 4.78 is 5.47. The first-order chi connectivity index (χ1) is 10.9. The molecule has 23 heavy (non-hydrogen) atoms. The molecule has 2 rings (SSSR count). The van der Waals surface area contributed by atoms with Gasteiger partial charge >= 0.3 is 0 Å². The van der Waals surface area contributed by atoms with Gasteiger partial charge in [-0.2, -0.15) is 0 Å². The lowest BCUT2D eigenvalue weighted by molar-refractivity contribution is -0.385. The Morgan fingerprint density at radius 1 is 1.35 bits per heavy atom. The number of carbonyl (C=O) groups excluding carboxylic acids is 1. The van der Waals surface area contributed by atoms with Gasteiger partial charge in [-0.25, -0.2) is 0 Å². The Bertz CT molecular complexity index is 747. The number of ether oxygens (including phenoxy) is 1. The summed E-state index contributed by atoms with van der Waals surface area (Å²) in [5, 5.41) is 21.3. The first kappa shape index (κ1) is 16.9. The van der Waals surface area contributed by atoms with Crippen molar-refractivity contribution in [3.63, 3.8) is 0 Å². The third kappa shape index (κ3) is 4.28. The van der Waals surface area contributed by atoms with E-state index >= 15 is 0 Å². The predicted octanol–water partition coefficient (Wildman–Crippen LogP) is 3.56. The lowest BCUT2D eigenvalue weighted by Crippen LogP contribution is -2.11. The fourth-order valence-corrected chi connectivity index (χ4v) is 2.19. The van der Waals surface area contributed by atoms with Crippen LogP contribution in [0.25, 0.3) is 0 Å². The van der Waals surface area contributed by atoms with E-state index in [4.69, 9.17) is 16.3 Å². The van der Waals surface area contributed by atoms with Crippen molar-refractivity contribution in [3.8, 4) is 5.75 Å². The minimum Gasteiger partial charge on any atom is -0.490 e. The predicted molar refractivity (Wildman–Crippen MR) is 85.0 cm³/mol. The lowest BCUT2D eigenvalue weighted by atomic mass is 10.1. The molecule has 0 aliphatic carbocycles. The van der Waals surface area contributed by atoms with E-state index in [-0.39, 0.29) is 18.1 Å². The monoisotopic (exact) mass is 335 g/mol. The molecule has 0 aliphatic heterocycles. The number of aliphatic hydroxyl groups excluding tert-OH is 1. The summed E-state index contributed by atoms with van der Waals surface area (Å²) in [6.45, 7) is 1.23. The summed E-state index contributed by atoms with van der Waals surface area (Å²) in [5.41, 5.74) is 0.554. The Morgan fingerprint density at radius 2 is 2.09 bits per heavy atom. The van der Waals surface area contributed by atoms with Crippen LogP contribution in [0.4, 0.5) is 5.69 Å². The van der Waals surface area contributed by atoms with E-state index in [1.54, 1.807) is 18.2 Å². The van der Waals surface area contributed by atoms with Gasteiger partial charge < -0.3 is 9.84 Å². The molecule has 0 aliphatic rings. The van der Waals surface area contributed by atoms with E-state index in [0.717, 1.165) is 0 Å². The van der Waals surface area contributed by atoms with Gasteiger partial charge in [0.05, 0.1) is 10.5 Å². The Morgan fingerprint density at radius 3 is 2.74 bits per heavy atom. The number of nitro groups is 1. The average Bonchev–Trinajstić information content (AvgIpc) is 2.53. The molecular formula is C16H14ClNO5. The highest BCUT2D eigenvalue weighted by Gasteiger charge is 2.15. The Hall–Kier alpha value is -2.44. The maximum absolute atomic E-state index is 11.6. The fraction of sp³-hybridized carbons (Fsp3) is 0.188. The third-order valence-electron chi connectivity index (χ3n) is 3.18. The number of Topliss-reactive ketones (excluding diaryl/α,β-unsaturated/α-hetero) is 1. The van der Waals surface area contributed by atoms with Crippen LogP contribution in [0.3, 0.4) is 0 Å². The van der Waals surface area contributed by atoms with E-state index < -0.39 is 11.0 Å². The topological polar surface area (TPSA) is 89.7 Å². The van der Waals surface area contributed by atoms with Crippen LogP contribution in [0.2, 0.25) is 5.02 Å². The highest BCUT2D eigenvalue weighted by Crippen LogP contribution is 2.25. The smallest absolute Gasteiger partial charge is 0.269 e. The number of rotatable bonds is 6. The van der Waals surface area contributed by atoms with Crippen LogP contribution in [0.15, 0.2) is 42.5 Å². The van der Waals surface area contributed by atoms with Gasteiger partial charge in [0.1, 0.15) is 18.5 Å². The Balaban J connectivity index is 2.13. The van der Waals surface area contributed by atoms with Crippen molar-refractivity contribution in [1.82, 2.24) is 0 Å². The van der Waals surface area contributed by atoms with E-state index in [1.165, 1.54) is 31.2 Å². The molecule has 2 aromatic rings. The number of halogens is 1. The normalized spacial score (nSPS) is 11.8. The third-order valence-corrected chi connectivity index (χ3v) is 3.42. The van der Waals surface area contributed by atoms with Crippen molar-refractivity contribution < 1.29 is 19.6 Å². The number of aliphatic hydroxyl groups is 1. The molecule has 0 fully saturated rings. The van der Waals surface area contributed by atoms with E-state index in [9.17, 15) is 20.0 Å².